The van der Waals surface area contributed by atoms with Crippen LogP contribution in [0.2, 0.25) is 0 Å². The average Bonchev–Trinajstić information content (AvgIpc) is 1.51. The monoisotopic (exact) mass is 1720 g/mol. The van der Waals surface area contributed by atoms with Gasteiger partial charge in [0.15, 0.2) is 74.5 Å². The molecule has 4 N–H and O–H groups in total. The fourth-order valence-electron chi connectivity index (χ4n) is 15.5. The number of hydrogen-bond donors (Lipinski definition) is 4. The number of halogens is 1. The topological polar surface area (TPSA) is 340 Å². The number of fused-ring (bicyclic) bond motifs is 8. The van der Waals surface area contributed by atoms with Crippen molar-refractivity contribution >= 4 is 68.6 Å². The SMILES string of the molecule is CC1(Oc2ccc(Nc3nc(-c4cnc5c(c4)CCCO5)cn4ccnc34)cc2)COC1.COc1cc(Nc2nc(-c3cnc4c(c3)CCCO4)cn3ccnc23)ccc1OC1COC1.Fc1cc(Nc2nc(-c3cnc4c(c3)CCCO4)cn3ccnc23)ccc1OC1COC1.c1cn2cc(-c3cnc4c(c3)CCCO4)nc(Nc3ccc(OC4COC4)cc3)c2n1. The Morgan fingerprint density at radius 2 is 0.703 bits per heavy atom. The van der Waals surface area contributed by atoms with Crippen LogP contribution in [0.4, 0.5) is 50.4 Å². The van der Waals surface area contributed by atoms with Gasteiger partial charge < -0.3 is 100 Å². The summed E-state index contributed by atoms with van der Waals surface area (Å²) in [5, 5.41) is 13.4. The third kappa shape index (κ3) is 17.7. The summed E-state index contributed by atoms with van der Waals surface area (Å²) in [4.78, 5) is 55.1. The summed E-state index contributed by atoms with van der Waals surface area (Å²) in [5.74, 6) is 8.10. The van der Waals surface area contributed by atoms with Crippen LogP contribution in [0, 0.1) is 5.82 Å². The van der Waals surface area contributed by atoms with Crippen molar-refractivity contribution in [3.63, 3.8) is 0 Å². The van der Waals surface area contributed by atoms with Crippen molar-refractivity contribution in [2.75, 3.05) is 108 Å². The number of nitrogens with zero attached hydrogens (tertiary/aromatic N) is 16. The fourth-order valence-corrected chi connectivity index (χ4v) is 15.5. The van der Waals surface area contributed by atoms with E-state index in [0.717, 1.165) is 195 Å². The number of nitrogens with one attached hydrogen (secondary N) is 4. The van der Waals surface area contributed by atoms with Gasteiger partial charge in [0, 0.05) is 179 Å². The van der Waals surface area contributed by atoms with Crippen LogP contribution in [0.25, 0.3) is 67.6 Å². The van der Waals surface area contributed by atoms with Gasteiger partial charge in [-0.05, 0) is 155 Å². The molecule has 24 rings (SSSR count). The maximum Gasteiger partial charge on any atom is 0.216 e. The molecule has 0 amide bonds. The molecule has 4 fully saturated rings. The van der Waals surface area contributed by atoms with E-state index in [-0.39, 0.29) is 29.7 Å². The molecule has 0 spiro atoms. The molecule has 34 heteroatoms. The van der Waals surface area contributed by atoms with E-state index in [1.54, 1.807) is 56.4 Å². The first kappa shape index (κ1) is 80.3. The predicted molar refractivity (Wildman–Crippen MR) is 471 cm³/mol. The quantitative estimate of drug-likeness (QED) is 0.0519. The molecule has 0 atom stereocenters. The van der Waals surface area contributed by atoms with Gasteiger partial charge in [-0.3, -0.25) is 0 Å². The van der Waals surface area contributed by atoms with E-state index in [1.807, 2.05) is 146 Å². The van der Waals surface area contributed by atoms with E-state index in [1.165, 1.54) is 6.07 Å². The molecule has 8 aliphatic heterocycles. The lowest BCUT2D eigenvalue weighted by Crippen LogP contribution is -2.51. The van der Waals surface area contributed by atoms with Crippen LogP contribution in [-0.4, -0.2) is 188 Å². The first-order valence-corrected chi connectivity index (χ1v) is 42.6. The van der Waals surface area contributed by atoms with Crippen molar-refractivity contribution < 1.29 is 66.0 Å². The van der Waals surface area contributed by atoms with Crippen LogP contribution < -0.4 is 63.9 Å². The molecule has 16 aromatic rings. The average molecular weight is 1720 g/mol. The van der Waals surface area contributed by atoms with Crippen molar-refractivity contribution in [1.29, 1.82) is 0 Å². The highest BCUT2D eigenvalue weighted by atomic mass is 19.1. The number of aryl methyl sites for hydroxylation is 4. The van der Waals surface area contributed by atoms with E-state index < -0.39 is 5.82 Å². The summed E-state index contributed by atoms with van der Waals surface area (Å²) in [5.41, 5.74) is 17.1. The zero-order valence-corrected chi connectivity index (χ0v) is 69.8. The summed E-state index contributed by atoms with van der Waals surface area (Å²) >= 11 is 0. The second kappa shape index (κ2) is 35.6. The van der Waals surface area contributed by atoms with Gasteiger partial charge >= 0.3 is 0 Å². The number of rotatable bonds is 21. The van der Waals surface area contributed by atoms with Gasteiger partial charge in [0.1, 0.15) is 29.8 Å². The molecule has 33 nitrogen and oxygen atoms in total. The molecule has 4 saturated heterocycles. The largest absolute Gasteiger partial charge is 0.493 e. The van der Waals surface area contributed by atoms with E-state index >= 15 is 0 Å². The molecule has 0 radical (unpaired) electrons. The first-order chi connectivity index (χ1) is 63.0. The molecule has 0 unspecified atom stereocenters. The number of anilines is 8. The number of pyridine rings is 4. The van der Waals surface area contributed by atoms with E-state index in [2.05, 4.69) is 92.3 Å². The van der Waals surface area contributed by atoms with E-state index in [9.17, 15) is 4.39 Å². The zero-order valence-electron chi connectivity index (χ0n) is 69.8. The predicted octanol–water partition coefficient (Wildman–Crippen LogP) is 15.1. The fraction of sp³-hybridized carbons (Fsp3) is 0.277. The Morgan fingerprint density at radius 1 is 0.367 bits per heavy atom. The summed E-state index contributed by atoms with van der Waals surface area (Å²) in [6.07, 6.45) is 37.5. The molecule has 8 aliphatic rings. The summed E-state index contributed by atoms with van der Waals surface area (Å²) < 4.78 is 94.5. The van der Waals surface area contributed by atoms with Crippen LogP contribution in [-0.2, 0) is 44.6 Å². The lowest BCUT2D eigenvalue weighted by Gasteiger charge is -2.38. The Kier molecular flexibility index (Phi) is 22.3. The number of ether oxygens (including phenoxy) is 13. The van der Waals surface area contributed by atoms with Crippen LogP contribution in [0.5, 0.6) is 52.3 Å². The third-order valence-electron chi connectivity index (χ3n) is 22.4. The Labute approximate surface area is 731 Å². The van der Waals surface area contributed by atoms with Crippen molar-refractivity contribution in [3.05, 3.63) is 236 Å². The molecular weight excluding hydrogens is 1640 g/mol. The molecule has 0 bridgehead atoms. The van der Waals surface area contributed by atoms with Crippen molar-refractivity contribution in [3.8, 4) is 97.3 Å². The van der Waals surface area contributed by atoms with E-state index in [4.69, 9.17) is 81.5 Å². The zero-order chi connectivity index (χ0) is 85.9. The minimum Gasteiger partial charge on any atom is -0.493 e. The molecule has 4 aromatic carbocycles. The molecule has 20 heterocycles. The van der Waals surface area contributed by atoms with Gasteiger partial charge in [-0.1, -0.05) is 0 Å². The van der Waals surface area contributed by atoms with Crippen LogP contribution in [0.15, 0.2) is 208 Å². The van der Waals surface area contributed by atoms with Crippen LogP contribution in [0.1, 0.15) is 54.9 Å². The Balaban J connectivity index is 0.000000104. The maximum absolute atomic E-state index is 14.6. The van der Waals surface area contributed by atoms with Gasteiger partial charge in [-0.25, -0.2) is 64.2 Å². The highest BCUT2D eigenvalue weighted by molar-refractivity contribution is 5.79. The lowest BCUT2D eigenvalue weighted by atomic mass is 10.1. The summed E-state index contributed by atoms with van der Waals surface area (Å²) in [6.45, 7) is 9.62. The molecule has 12 aromatic heterocycles. The van der Waals surface area contributed by atoms with E-state index in [0.29, 0.717) is 118 Å². The second-order valence-electron chi connectivity index (χ2n) is 32.0. The van der Waals surface area contributed by atoms with Gasteiger partial charge in [-0.15, -0.1) is 0 Å². The van der Waals surface area contributed by atoms with Crippen molar-refractivity contribution in [2.24, 2.45) is 0 Å². The lowest BCUT2D eigenvalue weighted by molar-refractivity contribution is -0.149. The number of benzene rings is 4. The third-order valence-corrected chi connectivity index (χ3v) is 22.4. The number of aromatic nitrogens is 16. The van der Waals surface area contributed by atoms with Crippen LogP contribution in [0.3, 0.4) is 0 Å². The summed E-state index contributed by atoms with van der Waals surface area (Å²) in [7, 11) is 1.63. The molecule has 0 aliphatic carbocycles. The normalized spacial score (nSPS) is 15.9. The Morgan fingerprint density at radius 3 is 1.05 bits per heavy atom. The van der Waals surface area contributed by atoms with Gasteiger partial charge in [0.2, 0.25) is 23.5 Å². The smallest absolute Gasteiger partial charge is 0.216 e. The first-order valence-electron chi connectivity index (χ1n) is 42.6. The minimum absolute atomic E-state index is 0.0660. The number of hydrogen-bond acceptors (Lipinski definition) is 29. The Bertz CT molecular complexity index is 6740. The van der Waals surface area contributed by atoms with Gasteiger partial charge in [0.05, 0.1) is 109 Å². The molecule has 128 heavy (non-hydrogen) atoms. The van der Waals surface area contributed by atoms with Crippen molar-refractivity contribution in [2.45, 2.75) is 82.2 Å². The molecule has 648 valence electrons. The second-order valence-corrected chi connectivity index (χ2v) is 32.0. The van der Waals surface area contributed by atoms with Crippen LogP contribution >= 0.6 is 0 Å². The highest BCUT2D eigenvalue weighted by Crippen LogP contribution is 2.39. The minimum atomic E-state index is -0.448. The number of methoxy groups -OCH3 is 1. The van der Waals surface area contributed by atoms with Gasteiger partial charge in [-0.2, -0.15) is 0 Å². The van der Waals surface area contributed by atoms with Crippen molar-refractivity contribution in [1.82, 2.24) is 77.4 Å². The highest BCUT2D eigenvalue weighted by Gasteiger charge is 2.36. The summed E-state index contributed by atoms with van der Waals surface area (Å²) in [6, 6.07) is 34.6. The maximum atomic E-state index is 14.6. The molecular formula is C94H87FN20O13. The Hall–Kier alpha value is -14.9. The number of imidazole rings is 4. The standard InChI is InChI=1S/C24H23N5O4.C24H23N5O3.C23H20FN5O3.C23H21N5O3/c1-30-21-10-17(4-5-20(21)33-18-13-31-14-18)27-22-23-25-6-7-29(23)12-19(28-22)16-9-15-3-2-8-32-24(15)26-11-16;1-24(14-30-15-24)32-19-6-4-18(5-7-19)27-21-22-25-8-9-29(22)13-20(28-21)17-11-16-3-2-10-31-23(16)26-12-17;24-18-9-16(3-4-20(18)32-17-12-30-13-17)27-21-22-25-5-6-29(22)11-19(28-21)15-8-14-2-1-7-31-23(14)26-10-15;1-2-15-10-16(11-25-23(15)30-9-1)20-12-28-8-7-24-22(28)21(27-20)26-17-3-5-18(6-4-17)31-19-13-29-14-19/h4-7,9-12,18H,2-3,8,13-14H2,1H3,(H,27,28);4-9,11-13H,2-3,10,14-15H2,1H3,(H,27,28);3-6,8-11,17H,1-2,7,12-13H2,(H,27,28);3-8,10-12,19H,1-2,9,13-14H2,(H,26,27). The van der Waals surface area contributed by atoms with Gasteiger partial charge in [0.25, 0.3) is 0 Å². The molecule has 0 saturated carbocycles.